The van der Waals surface area contributed by atoms with E-state index in [1.165, 1.54) is 12.1 Å². The van der Waals surface area contributed by atoms with Crippen LogP contribution in [0.1, 0.15) is 24.5 Å². The minimum absolute atomic E-state index is 0.287. The second-order valence-electron chi connectivity index (χ2n) is 4.44. The zero-order valence-corrected chi connectivity index (χ0v) is 10.2. The van der Waals surface area contributed by atoms with E-state index in [4.69, 9.17) is 4.52 Å². The average molecular weight is 252 g/mol. The van der Waals surface area contributed by atoms with Gasteiger partial charge in [-0.2, -0.15) is 0 Å². The summed E-state index contributed by atoms with van der Waals surface area (Å²) < 4.78 is 20.2. The van der Waals surface area contributed by atoms with E-state index in [0.717, 1.165) is 37.0 Å². The molecule has 0 aliphatic carbocycles. The first-order valence-corrected chi connectivity index (χ1v) is 6.12. The van der Waals surface area contributed by atoms with Crippen molar-refractivity contribution in [2.45, 2.75) is 18.8 Å². The Balaban J connectivity index is 1.95. The lowest BCUT2D eigenvalue weighted by molar-refractivity contribution is 0.335. The van der Waals surface area contributed by atoms with Gasteiger partial charge in [-0.05, 0) is 25.0 Å². The third-order valence-electron chi connectivity index (χ3n) is 3.32. The standard InChI is InChI=1S/C12H13FN2OS/c13-9-1-2-10-11(7-9)16-14-12(10)8-3-5-15(17)6-4-8/h1-2,7-8,17H,3-6H2. The van der Waals surface area contributed by atoms with Gasteiger partial charge in [-0.3, -0.25) is 4.31 Å². The summed E-state index contributed by atoms with van der Waals surface area (Å²) in [7, 11) is 0. The second-order valence-corrected chi connectivity index (χ2v) is 5.00. The molecular weight excluding hydrogens is 239 g/mol. The third-order valence-corrected chi connectivity index (χ3v) is 3.72. The zero-order chi connectivity index (χ0) is 11.8. The van der Waals surface area contributed by atoms with E-state index >= 15 is 0 Å². The molecule has 5 heteroatoms. The fourth-order valence-corrected chi connectivity index (χ4v) is 2.60. The van der Waals surface area contributed by atoms with Crippen LogP contribution < -0.4 is 0 Å². The lowest BCUT2D eigenvalue weighted by Crippen LogP contribution is -2.25. The highest BCUT2D eigenvalue weighted by Gasteiger charge is 2.23. The number of hydrogen-bond donors (Lipinski definition) is 1. The molecule has 0 spiro atoms. The fraction of sp³-hybridized carbons (Fsp3) is 0.417. The summed E-state index contributed by atoms with van der Waals surface area (Å²) in [5, 5.41) is 5.03. The van der Waals surface area contributed by atoms with E-state index in [9.17, 15) is 4.39 Å². The van der Waals surface area contributed by atoms with Gasteiger partial charge in [0, 0.05) is 30.5 Å². The van der Waals surface area contributed by atoms with Crippen LogP contribution >= 0.6 is 12.8 Å². The molecule has 17 heavy (non-hydrogen) atoms. The molecule has 1 fully saturated rings. The van der Waals surface area contributed by atoms with E-state index in [-0.39, 0.29) is 5.82 Å². The number of hydrogen-bond acceptors (Lipinski definition) is 4. The van der Waals surface area contributed by atoms with E-state index in [1.54, 1.807) is 6.07 Å². The molecule has 0 bridgehead atoms. The van der Waals surface area contributed by atoms with E-state index in [1.807, 2.05) is 4.31 Å². The minimum atomic E-state index is -0.287. The van der Waals surface area contributed by atoms with Crippen molar-refractivity contribution in [1.29, 1.82) is 0 Å². The van der Waals surface area contributed by atoms with E-state index in [0.29, 0.717) is 11.5 Å². The van der Waals surface area contributed by atoms with Gasteiger partial charge in [0.25, 0.3) is 0 Å². The Morgan fingerprint density at radius 2 is 2.12 bits per heavy atom. The Bertz CT molecular complexity index is 534. The van der Waals surface area contributed by atoms with Crippen molar-refractivity contribution in [3.8, 4) is 0 Å². The summed E-state index contributed by atoms with van der Waals surface area (Å²) in [4.78, 5) is 0. The van der Waals surface area contributed by atoms with Crippen LogP contribution in [0.25, 0.3) is 11.0 Å². The molecule has 0 saturated carbocycles. The van der Waals surface area contributed by atoms with Crippen LogP contribution in [0.5, 0.6) is 0 Å². The Kier molecular flexibility index (Phi) is 2.80. The van der Waals surface area contributed by atoms with Crippen LogP contribution in [-0.4, -0.2) is 22.6 Å². The predicted octanol–water partition coefficient (Wildman–Crippen LogP) is 2.99. The summed E-state index contributed by atoms with van der Waals surface area (Å²) in [6, 6.07) is 4.60. The molecule has 1 aromatic heterocycles. The Morgan fingerprint density at radius 1 is 1.35 bits per heavy atom. The molecule has 2 aromatic rings. The first-order valence-electron chi connectivity index (χ1n) is 5.72. The largest absolute Gasteiger partial charge is 0.356 e. The first-order chi connectivity index (χ1) is 8.24. The van der Waals surface area contributed by atoms with Crippen molar-refractivity contribution < 1.29 is 8.91 Å². The van der Waals surface area contributed by atoms with Crippen molar-refractivity contribution >= 4 is 23.8 Å². The van der Waals surface area contributed by atoms with Gasteiger partial charge >= 0.3 is 0 Å². The van der Waals surface area contributed by atoms with Gasteiger partial charge in [-0.15, -0.1) is 0 Å². The maximum absolute atomic E-state index is 13.0. The van der Waals surface area contributed by atoms with Gasteiger partial charge in [0.1, 0.15) is 5.82 Å². The number of benzene rings is 1. The van der Waals surface area contributed by atoms with Crippen LogP contribution in [-0.2, 0) is 0 Å². The summed E-state index contributed by atoms with van der Waals surface area (Å²) >= 11 is 4.33. The van der Waals surface area contributed by atoms with Crippen molar-refractivity contribution in [2.24, 2.45) is 0 Å². The van der Waals surface area contributed by atoms with Crippen molar-refractivity contribution in [3.05, 3.63) is 29.7 Å². The number of halogens is 1. The highest BCUT2D eigenvalue weighted by molar-refractivity contribution is 7.77. The molecular formula is C12H13FN2OS. The maximum atomic E-state index is 13.0. The highest BCUT2D eigenvalue weighted by Crippen LogP contribution is 2.32. The molecule has 2 heterocycles. The number of nitrogens with zero attached hydrogens (tertiary/aromatic N) is 2. The smallest absolute Gasteiger partial charge is 0.170 e. The van der Waals surface area contributed by atoms with Crippen LogP contribution in [0.15, 0.2) is 22.7 Å². The Hall–Kier alpha value is -1.07. The summed E-state index contributed by atoms with van der Waals surface area (Å²) in [5.74, 6) is 0.107. The predicted molar refractivity (Wildman–Crippen MR) is 66.5 cm³/mol. The van der Waals surface area contributed by atoms with Crippen LogP contribution in [0.3, 0.4) is 0 Å². The van der Waals surface area contributed by atoms with Crippen molar-refractivity contribution in [2.75, 3.05) is 13.1 Å². The van der Waals surface area contributed by atoms with Gasteiger partial charge in [0.05, 0.1) is 5.69 Å². The van der Waals surface area contributed by atoms with Crippen molar-refractivity contribution in [3.63, 3.8) is 0 Å². The zero-order valence-electron chi connectivity index (χ0n) is 9.27. The van der Waals surface area contributed by atoms with Crippen LogP contribution in [0.2, 0.25) is 0 Å². The number of aromatic nitrogens is 1. The molecule has 1 aromatic carbocycles. The van der Waals surface area contributed by atoms with Gasteiger partial charge in [-0.1, -0.05) is 18.0 Å². The molecule has 0 unspecified atom stereocenters. The first kappa shape index (κ1) is 11.0. The molecule has 1 aliphatic heterocycles. The lowest BCUT2D eigenvalue weighted by atomic mass is 9.92. The van der Waals surface area contributed by atoms with Gasteiger partial charge in [0.2, 0.25) is 0 Å². The number of thiol groups is 1. The monoisotopic (exact) mass is 252 g/mol. The molecule has 0 atom stereocenters. The average Bonchev–Trinajstić information content (AvgIpc) is 2.73. The summed E-state index contributed by atoms with van der Waals surface area (Å²) in [6.07, 6.45) is 2.03. The van der Waals surface area contributed by atoms with Gasteiger partial charge in [0.15, 0.2) is 5.58 Å². The highest BCUT2D eigenvalue weighted by atomic mass is 32.1. The van der Waals surface area contributed by atoms with Gasteiger partial charge < -0.3 is 4.52 Å². The second kappa shape index (κ2) is 4.31. The molecule has 90 valence electrons. The topological polar surface area (TPSA) is 29.3 Å². The number of rotatable bonds is 1. The van der Waals surface area contributed by atoms with Crippen LogP contribution in [0.4, 0.5) is 4.39 Å². The summed E-state index contributed by atoms with van der Waals surface area (Å²) in [6.45, 7) is 1.90. The lowest BCUT2D eigenvalue weighted by Gasteiger charge is -2.26. The molecule has 0 amide bonds. The molecule has 0 radical (unpaired) electrons. The molecule has 1 aliphatic rings. The van der Waals surface area contributed by atoms with E-state index < -0.39 is 0 Å². The quantitative estimate of drug-likeness (QED) is 0.791. The molecule has 0 N–H and O–H groups in total. The third kappa shape index (κ3) is 2.05. The SMILES string of the molecule is Fc1ccc2c(C3CCN(S)CC3)noc2c1. The molecule has 3 nitrogen and oxygen atoms in total. The Labute approximate surface area is 104 Å². The summed E-state index contributed by atoms with van der Waals surface area (Å²) in [5.41, 5.74) is 1.50. The van der Waals surface area contributed by atoms with E-state index in [2.05, 4.69) is 18.0 Å². The van der Waals surface area contributed by atoms with Gasteiger partial charge in [-0.25, -0.2) is 4.39 Å². The van der Waals surface area contributed by atoms with Crippen LogP contribution in [0, 0.1) is 5.82 Å². The van der Waals surface area contributed by atoms with Crippen molar-refractivity contribution in [1.82, 2.24) is 9.46 Å². The molecule has 1 saturated heterocycles. The number of piperidine rings is 1. The maximum Gasteiger partial charge on any atom is 0.170 e. The minimum Gasteiger partial charge on any atom is -0.356 e. The normalized spacial score (nSPS) is 18.9. The Morgan fingerprint density at radius 3 is 2.88 bits per heavy atom. The number of fused-ring (bicyclic) bond motifs is 1. The molecule has 3 rings (SSSR count). The fourth-order valence-electron chi connectivity index (χ4n) is 2.36.